The number of esters is 1. The van der Waals surface area contributed by atoms with Crippen LogP contribution in [0.2, 0.25) is 0 Å². The van der Waals surface area contributed by atoms with Gasteiger partial charge in [0.25, 0.3) is 0 Å². The van der Waals surface area contributed by atoms with Crippen LogP contribution in [0.15, 0.2) is 12.1 Å². The Morgan fingerprint density at radius 2 is 2.00 bits per heavy atom. The van der Waals surface area contributed by atoms with Crippen molar-refractivity contribution in [2.24, 2.45) is 0 Å². The molecule has 0 saturated carbocycles. The number of nitrogens with one attached hydrogen (secondary N) is 1. The Kier molecular flexibility index (Phi) is 6.61. The number of hydrogen-bond acceptors (Lipinski definition) is 6. The minimum atomic E-state index is -0.942. The number of cyclic esters (lactones) is 1. The molecule has 2 aliphatic rings. The van der Waals surface area contributed by atoms with Crippen LogP contribution in [0.1, 0.15) is 67.6 Å². The number of amides is 2. The summed E-state index contributed by atoms with van der Waals surface area (Å²) in [6, 6.07) is 2.68. The summed E-state index contributed by atoms with van der Waals surface area (Å²) in [6.45, 7) is 2.70. The maximum atomic E-state index is 12.7. The highest BCUT2D eigenvalue weighted by atomic mass is 16.6. The Labute approximate surface area is 170 Å². The molecule has 1 aromatic rings. The first-order chi connectivity index (χ1) is 14.0. The van der Waals surface area contributed by atoms with Gasteiger partial charge in [0.15, 0.2) is 11.5 Å². The van der Waals surface area contributed by atoms with E-state index < -0.39 is 18.2 Å². The van der Waals surface area contributed by atoms with Crippen LogP contribution in [0, 0.1) is 0 Å². The molecule has 0 aromatic heterocycles. The molecular formula is C21H28N2O6. The summed E-state index contributed by atoms with van der Waals surface area (Å²) in [5.74, 6) is -0.355. The van der Waals surface area contributed by atoms with Gasteiger partial charge in [-0.1, -0.05) is 26.2 Å². The Morgan fingerprint density at radius 1 is 1.21 bits per heavy atom. The summed E-state index contributed by atoms with van der Waals surface area (Å²) in [5.41, 5.74) is 0.735. The van der Waals surface area contributed by atoms with Crippen LogP contribution in [0.5, 0.6) is 11.5 Å². The van der Waals surface area contributed by atoms with Crippen molar-refractivity contribution < 1.29 is 28.6 Å². The molecule has 1 fully saturated rings. The summed E-state index contributed by atoms with van der Waals surface area (Å²) in [7, 11) is 2.92. The van der Waals surface area contributed by atoms with Gasteiger partial charge in [0, 0.05) is 18.5 Å². The number of rotatable bonds is 9. The molecule has 29 heavy (non-hydrogen) atoms. The molecule has 0 bridgehead atoms. The van der Waals surface area contributed by atoms with Gasteiger partial charge in [0.1, 0.15) is 11.6 Å². The van der Waals surface area contributed by atoms with Crippen LogP contribution in [0.4, 0.5) is 0 Å². The predicted molar refractivity (Wildman–Crippen MR) is 105 cm³/mol. The quantitative estimate of drug-likeness (QED) is 0.502. The minimum absolute atomic E-state index is 0.211. The standard InChI is InChI=1S/C21H28N2O6/c1-4-5-6-7-12-22-19(25)14-9-11-16(24)23(14)20-13-8-10-15(27-2)18(28-3)17(13)21(26)29-20/h8,10,14,20H,4-7,9,11-12H2,1-3H3,(H,22,25)/t14-,20-/m1/s1. The summed E-state index contributed by atoms with van der Waals surface area (Å²) in [6.07, 6.45) is 3.91. The van der Waals surface area contributed by atoms with Gasteiger partial charge in [-0.3, -0.25) is 14.5 Å². The zero-order valence-electron chi connectivity index (χ0n) is 17.2. The first kappa shape index (κ1) is 21.0. The van der Waals surface area contributed by atoms with Gasteiger partial charge in [-0.25, -0.2) is 4.79 Å². The van der Waals surface area contributed by atoms with Gasteiger partial charge in [-0.05, 0) is 25.0 Å². The molecule has 0 unspecified atom stereocenters. The molecule has 2 amide bonds. The SMILES string of the molecule is CCCCCCNC(=O)[C@H]1CCC(=O)N1[C@@H]1OC(=O)c2c1ccc(OC)c2OC. The largest absolute Gasteiger partial charge is 0.493 e. The lowest BCUT2D eigenvalue weighted by Gasteiger charge is -2.29. The molecule has 1 aromatic carbocycles. The van der Waals surface area contributed by atoms with Crippen molar-refractivity contribution >= 4 is 17.8 Å². The Balaban J connectivity index is 1.80. The lowest BCUT2D eigenvalue weighted by Crippen LogP contribution is -2.46. The smallest absolute Gasteiger partial charge is 0.344 e. The molecule has 2 atom stereocenters. The molecule has 2 heterocycles. The van der Waals surface area contributed by atoms with Crippen molar-refractivity contribution in [1.29, 1.82) is 0 Å². The summed E-state index contributed by atoms with van der Waals surface area (Å²) in [5, 5.41) is 2.92. The highest BCUT2D eigenvalue weighted by molar-refractivity contribution is 5.99. The van der Waals surface area contributed by atoms with Gasteiger partial charge in [0.2, 0.25) is 18.0 Å². The second-order valence-corrected chi connectivity index (χ2v) is 7.23. The molecule has 1 N–H and O–H groups in total. The molecule has 1 saturated heterocycles. The van der Waals surface area contributed by atoms with Gasteiger partial charge in [-0.15, -0.1) is 0 Å². The van der Waals surface area contributed by atoms with Crippen LogP contribution in [0.25, 0.3) is 0 Å². The molecule has 8 nitrogen and oxygen atoms in total. The zero-order chi connectivity index (χ0) is 21.0. The van der Waals surface area contributed by atoms with E-state index in [9.17, 15) is 14.4 Å². The van der Waals surface area contributed by atoms with Gasteiger partial charge >= 0.3 is 5.97 Å². The number of ether oxygens (including phenoxy) is 3. The van der Waals surface area contributed by atoms with Crippen LogP contribution in [-0.4, -0.2) is 49.5 Å². The number of fused-ring (bicyclic) bond motifs is 1. The van der Waals surface area contributed by atoms with Gasteiger partial charge in [0.05, 0.1) is 14.2 Å². The number of unbranched alkanes of at least 4 members (excludes halogenated alkanes) is 3. The number of nitrogens with zero attached hydrogens (tertiary/aromatic N) is 1. The Morgan fingerprint density at radius 3 is 2.69 bits per heavy atom. The van der Waals surface area contributed by atoms with Crippen molar-refractivity contribution in [2.75, 3.05) is 20.8 Å². The summed E-state index contributed by atoms with van der Waals surface area (Å²) >= 11 is 0. The van der Waals surface area contributed by atoms with Crippen molar-refractivity contribution in [3.05, 3.63) is 23.3 Å². The van der Waals surface area contributed by atoms with Crippen LogP contribution >= 0.6 is 0 Å². The summed E-state index contributed by atoms with van der Waals surface area (Å²) in [4.78, 5) is 39.2. The number of carbonyl (C=O) groups is 3. The van der Waals surface area contributed by atoms with Crippen LogP contribution in [-0.2, 0) is 14.3 Å². The first-order valence-electron chi connectivity index (χ1n) is 10.1. The van der Waals surface area contributed by atoms with Crippen LogP contribution < -0.4 is 14.8 Å². The Hall–Kier alpha value is -2.77. The van der Waals surface area contributed by atoms with Crippen molar-refractivity contribution in [3.8, 4) is 11.5 Å². The van der Waals surface area contributed by atoms with E-state index in [1.54, 1.807) is 12.1 Å². The molecule has 8 heteroatoms. The fourth-order valence-corrected chi connectivity index (χ4v) is 3.92. The lowest BCUT2D eigenvalue weighted by molar-refractivity contribution is -0.145. The number of hydrogen-bond donors (Lipinski definition) is 1. The van der Waals surface area contributed by atoms with E-state index in [1.807, 2.05) is 0 Å². The second-order valence-electron chi connectivity index (χ2n) is 7.23. The number of likely N-dealkylation sites (tertiary alicyclic amines) is 1. The van der Waals surface area contributed by atoms with E-state index in [2.05, 4.69) is 12.2 Å². The predicted octanol–water partition coefficient (Wildman–Crippen LogP) is 2.56. The molecule has 2 aliphatic heterocycles. The third-order valence-corrected chi connectivity index (χ3v) is 5.41. The molecule has 0 aliphatic carbocycles. The number of methoxy groups -OCH3 is 2. The summed E-state index contributed by atoms with van der Waals surface area (Å²) < 4.78 is 16.1. The monoisotopic (exact) mass is 404 g/mol. The molecular weight excluding hydrogens is 376 g/mol. The van der Waals surface area contributed by atoms with E-state index in [1.165, 1.54) is 19.1 Å². The fraction of sp³-hybridized carbons (Fsp3) is 0.571. The number of benzene rings is 1. The first-order valence-corrected chi connectivity index (χ1v) is 10.1. The zero-order valence-corrected chi connectivity index (χ0v) is 17.2. The fourth-order valence-electron chi connectivity index (χ4n) is 3.92. The Bertz CT molecular complexity index is 794. The van der Waals surface area contributed by atoms with E-state index >= 15 is 0 Å². The average Bonchev–Trinajstić information content (AvgIpc) is 3.26. The molecule has 158 valence electrons. The van der Waals surface area contributed by atoms with Crippen molar-refractivity contribution in [2.45, 2.75) is 57.7 Å². The average molecular weight is 404 g/mol. The normalized spacial score (nSPS) is 20.4. The minimum Gasteiger partial charge on any atom is -0.493 e. The lowest BCUT2D eigenvalue weighted by atomic mass is 10.1. The third kappa shape index (κ3) is 4.02. The van der Waals surface area contributed by atoms with Gasteiger partial charge < -0.3 is 19.5 Å². The highest BCUT2D eigenvalue weighted by Gasteiger charge is 2.47. The van der Waals surface area contributed by atoms with E-state index in [0.29, 0.717) is 24.3 Å². The number of carbonyl (C=O) groups excluding carboxylic acids is 3. The molecule has 3 rings (SSSR count). The van der Waals surface area contributed by atoms with E-state index in [0.717, 1.165) is 25.7 Å². The molecule has 0 radical (unpaired) electrons. The highest BCUT2D eigenvalue weighted by Crippen LogP contribution is 2.45. The maximum Gasteiger partial charge on any atom is 0.344 e. The second kappa shape index (κ2) is 9.15. The van der Waals surface area contributed by atoms with Gasteiger partial charge in [-0.2, -0.15) is 0 Å². The third-order valence-electron chi connectivity index (χ3n) is 5.41. The molecule has 0 spiro atoms. The topological polar surface area (TPSA) is 94.2 Å². The van der Waals surface area contributed by atoms with Crippen molar-refractivity contribution in [1.82, 2.24) is 10.2 Å². The maximum absolute atomic E-state index is 12.7. The van der Waals surface area contributed by atoms with E-state index in [4.69, 9.17) is 14.2 Å². The van der Waals surface area contributed by atoms with Crippen LogP contribution in [0.3, 0.4) is 0 Å². The van der Waals surface area contributed by atoms with Crippen molar-refractivity contribution in [3.63, 3.8) is 0 Å². The van der Waals surface area contributed by atoms with E-state index in [-0.39, 0.29) is 29.5 Å².